The maximum absolute atomic E-state index is 9.44. The lowest BCUT2D eigenvalue weighted by Gasteiger charge is -2.06. The van der Waals surface area contributed by atoms with Crippen molar-refractivity contribution in [3.63, 3.8) is 0 Å². The van der Waals surface area contributed by atoms with Crippen molar-refractivity contribution in [1.29, 1.82) is 0 Å². The Morgan fingerprint density at radius 1 is 1.33 bits per heavy atom. The zero-order valence-electron chi connectivity index (χ0n) is 7.83. The lowest BCUT2D eigenvalue weighted by Crippen LogP contribution is -1.98. The Kier molecular flexibility index (Phi) is 1.58. The Balaban J connectivity index is 2.33. The van der Waals surface area contributed by atoms with Crippen LogP contribution < -0.4 is 0 Å². The molecule has 2 aromatic rings. The normalized spacial score (nSPS) is 13.1. The van der Waals surface area contributed by atoms with Crippen LogP contribution in [0.4, 0.5) is 5.69 Å². The van der Waals surface area contributed by atoms with Gasteiger partial charge in [0.15, 0.2) is 0 Å². The molecule has 3 rings (SSSR count). The summed E-state index contributed by atoms with van der Waals surface area (Å²) >= 11 is 0. The monoisotopic (exact) mass is 200 g/mol. The van der Waals surface area contributed by atoms with Gasteiger partial charge in [0.1, 0.15) is 17.9 Å². The molecule has 5 heteroatoms. The number of fused-ring (bicyclic) bond motifs is 3. The number of rotatable bonds is 0. The van der Waals surface area contributed by atoms with Crippen LogP contribution in [-0.4, -0.2) is 26.1 Å². The first-order valence-corrected chi connectivity index (χ1v) is 4.59. The minimum absolute atomic E-state index is 0.213. The maximum Gasteiger partial charge on any atom is 0.142 e. The third-order valence-corrected chi connectivity index (χ3v) is 2.34. The van der Waals surface area contributed by atoms with Crippen molar-refractivity contribution >= 4 is 11.9 Å². The van der Waals surface area contributed by atoms with Crippen LogP contribution in [0.3, 0.4) is 0 Å². The Morgan fingerprint density at radius 2 is 2.27 bits per heavy atom. The second kappa shape index (κ2) is 2.91. The van der Waals surface area contributed by atoms with Gasteiger partial charge in [-0.25, -0.2) is 0 Å². The highest BCUT2D eigenvalue weighted by molar-refractivity contribution is 5.72. The van der Waals surface area contributed by atoms with Gasteiger partial charge in [0.05, 0.1) is 11.4 Å². The molecule has 0 radical (unpaired) electrons. The van der Waals surface area contributed by atoms with Crippen LogP contribution in [0, 0.1) is 0 Å². The second-order valence-electron chi connectivity index (χ2n) is 3.31. The van der Waals surface area contributed by atoms with Crippen molar-refractivity contribution in [2.24, 2.45) is 4.99 Å². The summed E-state index contributed by atoms with van der Waals surface area (Å²) in [5, 5.41) is 17.3. The van der Waals surface area contributed by atoms with Crippen molar-refractivity contribution < 1.29 is 5.11 Å². The molecule has 1 aromatic carbocycles. The van der Waals surface area contributed by atoms with E-state index >= 15 is 0 Å². The summed E-state index contributed by atoms with van der Waals surface area (Å²) in [7, 11) is 0. The average Bonchev–Trinajstić information content (AvgIpc) is 2.62. The first-order chi connectivity index (χ1) is 7.34. The summed E-state index contributed by atoms with van der Waals surface area (Å²) < 4.78 is 1.84. The van der Waals surface area contributed by atoms with Gasteiger partial charge in [0.25, 0.3) is 0 Å². The van der Waals surface area contributed by atoms with E-state index in [-0.39, 0.29) is 5.75 Å². The SMILES string of the molecule is Oc1ccc2c(c1)-n1cnnc1CC=N2. The lowest BCUT2D eigenvalue weighted by atomic mass is 10.2. The molecule has 5 nitrogen and oxygen atoms in total. The molecule has 2 heterocycles. The number of nitrogens with zero attached hydrogens (tertiary/aromatic N) is 4. The van der Waals surface area contributed by atoms with Gasteiger partial charge >= 0.3 is 0 Å². The zero-order chi connectivity index (χ0) is 10.3. The quantitative estimate of drug-likeness (QED) is 0.695. The minimum atomic E-state index is 0.213. The molecule has 74 valence electrons. The van der Waals surface area contributed by atoms with Crippen LogP contribution in [0.5, 0.6) is 5.75 Å². The van der Waals surface area contributed by atoms with Crippen LogP contribution >= 0.6 is 0 Å². The van der Waals surface area contributed by atoms with Gasteiger partial charge in [-0.1, -0.05) is 0 Å². The lowest BCUT2D eigenvalue weighted by molar-refractivity contribution is 0.475. The van der Waals surface area contributed by atoms with Crippen molar-refractivity contribution in [1.82, 2.24) is 14.8 Å². The standard InChI is InChI=1S/C10H8N4O/c15-7-1-2-8-9(5-7)14-6-12-13-10(14)3-4-11-8/h1-2,4-6,15H,3H2. The molecule has 0 fully saturated rings. The van der Waals surface area contributed by atoms with Gasteiger partial charge < -0.3 is 5.11 Å². The molecule has 0 spiro atoms. The first kappa shape index (κ1) is 8.16. The molecule has 0 unspecified atom stereocenters. The fourth-order valence-electron chi connectivity index (χ4n) is 1.64. The van der Waals surface area contributed by atoms with Crippen molar-refractivity contribution in [3.8, 4) is 11.4 Å². The molecule has 1 aliphatic heterocycles. The van der Waals surface area contributed by atoms with E-state index in [2.05, 4.69) is 15.2 Å². The van der Waals surface area contributed by atoms with E-state index in [4.69, 9.17) is 0 Å². The summed E-state index contributed by atoms with van der Waals surface area (Å²) in [5.74, 6) is 1.04. The Labute approximate surface area is 85.7 Å². The van der Waals surface area contributed by atoms with E-state index in [0.29, 0.717) is 6.42 Å². The summed E-state index contributed by atoms with van der Waals surface area (Å²) in [5.41, 5.74) is 1.62. The molecule has 0 saturated heterocycles. The number of hydrogen-bond acceptors (Lipinski definition) is 4. The summed E-state index contributed by atoms with van der Waals surface area (Å²) in [4.78, 5) is 4.29. The molecule has 1 aliphatic rings. The molecule has 15 heavy (non-hydrogen) atoms. The van der Waals surface area contributed by atoms with Crippen LogP contribution in [0.2, 0.25) is 0 Å². The fraction of sp³-hybridized carbons (Fsp3) is 0.100. The van der Waals surface area contributed by atoms with Crippen LogP contribution in [0.1, 0.15) is 5.82 Å². The summed E-state index contributed by atoms with van der Waals surface area (Å²) in [6.45, 7) is 0. The third kappa shape index (κ3) is 1.20. The van der Waals surface area contributed by atoms with Gasteiger partial charge in [-0.15, -0.1) is 10.2 Å². The highest BCUT2D eigenvalue weighted by Crippen LogP contribution is 2.29. The molecule has 0 aliphatic carbocycles. The predicted octanol–water partition coefficient (Wildman–Crippen LogP) is 1.23. The zero-order valence-corrected chi connectivity index (χ0v) is 7.83. The molecule has 0 atom stereocenters. The van der Waals surface area contributed by atoms with Gasteiger partial charge in [0.2, 0.25) is 0 Å². The number of phenols is 1. The molecule has 0 saturated carbocycles. The van der Waals surface area contributed by atoms with Gasteiger partial charge in [-0.05, 0) is 12.1 Å². The molecule has 0 amide bonds. The molecule has 0 bridgehead atoms. The largest absolute Gasteiger partial charge is 0.508 e. The summed E-state index contributed by atoms with van der Waals surface area (Å²) in [6, 6.07) is 5.05. The van der Waals surface area contributed by atoms with Gasteiger partial charge in [0, 0.05) is 18.7 Å². The Morgan fingerprint density at radius 3 is 3.20 bits per heavy atom. The molecular formula is C10H8N4O. The van der Waals surface area contributed by atoms with E-state index in [1.807, 2.05) is 4.57 Å². The van der Waals surface area contributed by atoms with E-state index in [1.54, 1.807) is 30.7 Å². The number of aliphatic imine (C=N–C) groups is 1. The highest BCUT2D eigenvalue weighted by atomic mass is 16.3. The molecule has 1 N–H and O–H groups in total. The second-order valence-corrected chi connectivity index (χ2v) is 3.31. The van der Waals surface area contributed by atoms with Crippen molar-refractivity contribution in [2.75, 3.05) is 0 Å². The van der Waals surface area contributed by atoms with Crippen LogP contribution in [0.15, 0.2) is 29.5 Å². The Bertz CT molecular complexity index is 544. The van der Waals surface area contributed by atoms with Gasteiger partial charge in [-0.2, -0.15) is 0 Å². The first-order valence-electron chi connectivity index (χ1n) is 4.59. The maximum atomic E-state index is 9.44. The highest BCUT2D eigenvalue weighted by Gasteiger charge is 2.12. The smallest absolute Gasteiger partial charge is 0.142 e. The average molecular weight is 200 g/mol. The van der Waals surface area contributed by atoms with Crippen LogP contribution in [0.25, 0.3) is 5.69 Å². The Hall–Kier alpha value is -2.17. The third-order valence-electron chi connectivity index (χ3n) is 2.34. The van der Waals surface area contributed by atoms with Crippen LogP contribution in [-0.2, 0) is 6.42 Å². The van der Waals surface area contributed by atoms with Crippen molar-refractivity contribution in [2.45, 2.75) is 6.42 Å². The van der Waals surface area contributed by atoms with E-state index in [9.17, 15) is 5.11 Å². The predicted molar refractivity (Wildman–Crippen MR) is 54.9 cm³/mol. The molecular weight excluding hydrogens is 192 g/mol. The topological polar surface area (TPSA) is 63.3 Å². The van der Waals surface area contributed by atoms with E-state index in [1.165, 1.54) is 0 Å². The fourth-order valence-corrected chi connectivity index (χ4v) is 1.64. The number of aromatic hydroxyl groups is 1. The number of phenolic OH excluding ortho intramolecular Hbond substituents is 1. The number of benzene rings is 1. The molecule has 1 aromatic heterocycles. The van der Waals surface area contributed by atoms with E-state index < -0.39 is 0 Å². The number of hydrogen-bond donors (Lipinski definition) is 1. The van der Waals surface area contributed by atoms with Crippen molar-refractivity contribution in [3.05, 3.63) is 30.4 Å². The van der Waals surface area contributed by atoms with Gasteiger partial charge in [-0.3, -0.25) is 9.56 Å². The minimum Gasteiger partial charge on any atom is -0.508 e. The summed E-state index contributed by atoms with van der Waals surface area (Å²) in [6.07, 6.45) is 4.07. The number of aromatic nitrogens is 3. The van der Waals surface area contributed by atoms with E-state index in [0.717, 1.165) is 17.2 Å².